The average Bonchev–Trinajstić information content (AvgIpc) is 2.05. The number of hydrogen-bond acceptors (Lipinski definition) is 2. The van der Waals surface area contributed by atoms with Gasteiger partial charge in [-0.15, -0.1) is 0 Å². The summed E-state index contributed by atoms with van der Waals surface area (Å²) in [6, 6.07) is 5.48. The van der Waals surface area contributed by atoms with Crippen LogP contribution in [0, 0.1) is 6.92 Å². The molecule has 1 rings (SSSR count). The number of rotatable bonds is 3. The molecule has 0 unspecified atom stereocenters. The highest BCUT2D eigenvalue weighted by Gasteiger charge is 2.02. The molecule has 0 atom stereocenters. The molecule has 1 aromatic carbocycles. The van der Waals surface area contributed by atoms with E-state index in [4.69, 9.17) is 5.11 Å². The number of anilines is 1. The van der Waals surface area contributed by atoms with E-state index in [1.807, 2.05) is 19.1 Å². The molecular formula is C9H11NO2. The van der Waals surface area contributed by atoms with E-state index in [0.29, 0.717) is 12.1 Å². The Bertz CT molecular complexity index is 284. The summed E-state index contributed by atoms with van der Waals surface area (Å²) in [5.41, 5.74) is 2.42. The number of nitrogens with one attached hydrogen (secondary N) is 1. The molecule has 0 fully saturated rings. The minimum Gasteiger partial charge on any atom is -0.392 e. The van der Waals surface area contributed by atoms with E-state index < -0.39 is 0 Å². The Hall–Kier alpha value is -1.35. The van der Waals surface area contributed by atoms with Crippen LogP contribution in [0.25, 0.3) is 0 Å². The van der Waals surface area contributed by atoms with Gasteiger partial charge in [-0.2, -0.15) is 0 Å². The fourth-order valence-corrected chi connectivity index (χ4v) is 1.11. The van der Waals surface area contributed by atoms with Gasteiger partial charge in [0.25, 0.3) is 0 Å². The smallest absolute Gasteiger partial charge is 0.211 e. The lowest BCUT2D eigenvalue weighted by molar-refractivity contribution is -0.105. The van der Waals surface area contributed by atoms with Gasteiger partial charge in [-0.3, -0.25) is 4.79 Å². The monoisotopic (exact) mass is 165 g/mol. The van der Waals surface area contributed by atoms with E-state index in [1.165, 1.54) is 0 Å². The van der Waals surface area contributed by atoms with E-state index in [2.05, 4.69) is 5.32 Å². The van der Waals surface area contributed by atoms with Crippen molar-refractivity contribution in [3.05, 3.63) is 29.3 Å². The number of carbonyl (C=O) groups excluding carboxylic acids is 1. The first-order chi connectivity index (χ1) is 5.79. The molecule has 0 aromatic heterocycles. The maximum atomic E-state index is 10.2. The van der Waals surface area contributed by atoms with E-state index in [1.54, 1.807) is 6.07 Å². The Morgan fingerprint density at radius 2 is 2.33 bits per heavy atom. The number of aliphatic hydroxyl groups is 1. The van der Waals surface area contributed by atoms with Crippen molar-refractivity contribution in [3.8, 4) is 0 Å². The Kier molecular flexibility index (Phi) is 2.82. The topological polar surface area (TPSA) is 49.3 Å². The number of hydrogen-bond donors (Lipinski definition) is 2. The zero-order valence-electron chi connectivity index (χ0n) is 6.87. The van der Waals surface area contributed by atoms with E-state index in [-0.39, 0.29) is 6.61 Å². The molecule has 0 aliphatic rings. The molecule has 64 valence electrons. The van der Waals surface area contributed by atoms with Gasteiger partial charge in [-0.1, -0.05) is 12.1 Å². The average molecular weight is 165 g/mol. The number of aryl methyl sites for hydroxylation is 1. The minimum atomic E-state index is -0.0527. The van der Waals surface area contributed by atoms with Crippen molar-refractivity contribution in [3.63, 3.8) is 0 Å². The largest absolute Gasteiger partial charge is 0.392 e. The van der Waals surface area contributed by atoms with Crippen molar-refractivity contribution in [2.24, 2.45) is 0 Å². The molecule has 0 aliphatic carbocycles. The number of carbonyl (C=O) groups is 1. The van der Waals surface area contributed by atoms with Gasteiger partial charge in [-0.05, 0) is 18.6 Å². The van der Waals surface area contributed by atoms with Crippen LogP contribution in [0.5, 0.6) is 0 Å². The summed E-state index contributed by atoms with van der Waals surface area (Å²) in [6.07, 6.45) is 0.605. The Balaban J connectivity index is 3.08. The van der Waals surface area contributed by atoms with Gasteiger partial charge in [0, 0.05) is 11.3 Å². The predicted molar refractivity (Wildman–Crippen MR) is 46.8 cm³/mol. The molecule has 1 amide bonds. The lowest BCUT2D eigenvalue weighted by Crippen LogP contribution is -2.00. The Morgan fingerprint density at radius 1 is 1.58 bits per heavy atom. The first-order valence-electron chi connectivity index (χ1n) is 3.69. The third kappa shape index (κ3) is 1.62. The first-order valence-corrected chi connectivity index (χ1v) is 3.69. The summed E-state index contributed by atoms with van der Waals surface area (Å²) >= 11 is 0. The van der Waals surface area contributed by atoms with E-state index >= 15 is 0 Å². The maximum Gasteiger partial charge on any atom is 0.211 e. The van der Waals surface area contributed by atoms with Gasteiger partial charge < -0.3 is 10.4 Å². The van der Waals surface area contributed by atoms with Crippen molar-refractivity contribution < 1.29 is 9.90 Å². The zero-order valence-corrected chi connectivity index (χ0v) is 6.87. The van der Waals surface area contributed by atoms with Gasteiger partial charge in [0.05, 0.1) is 6.61 Å². The fraction of sp³-hybridized carbons (Fsp3) is 0.222. The van der Waals surface area contributed by atoms with Gasteiger partial charge >= 0.3 is 0 Å². The van der Waals surface area contributed by atoms with Crippen molar-refractivity contribution in [1.29, 1.82) is 0 Å². The van der Waals surface area contributed by atoms with Crippen LogP contribution in [0.3, 0.4) is 0 Å². The molecule has 0 heterocycles. The second-order valence-electron chi connectivity index (χ2n) is 2.52. The van der Waals surface area contributed by atoms with E-state index in [0.717, 1.165) is 11.1 Å². The number of amides is 1. The lowest BCUT2D eigenvalue weighted by Gasteiger charge is -2.07. The molecular weight excluding hydrogens is 154 g/mol. The highest BCUT2D eigenvalue weighted by atomic mass is 16.3. The van der Waals surface area contributed by atoms with Crippen LogP contribution in [0.1, 0.15) is 11.1 Å². The summed E-state index contributed by atoms with van der Waals surface area (Å²) in [5.74, 6) is 0. The second kappa shape index (κ2) is 3.88. The van der Waals surface area contributed by atoms with Crippen LogP contribution >= 0.6 is 0 Å². The van der Waals surface area contributed by atoms with Crippen LogP contribution in [0.2, 0.25) is 0 Å². The van der Waals surface area contributed by atoms with Gasteiger partial charge in [0.15, 0.2) is 0 Å². The highest BCUT2D eigenvalue weighted by molar-refractivity contribution is 5.73. The third-order valence-corrected chi connectivity index (χ3v) is 1.78. The molecule has 3 nitrogen and oxygen atoms in total. The van der Waals surface area contributed by atoms with Gasteiger partial charge in [0.1, 0.15) is 0 Å². The summed E-state index contributed by atoms with van der Waals surface area (Å²) in [5, 5.41) is 11.5. The molecule has 0 saturated heterocycles. The molecule has 2 N–H and O–H groups in total. The zero-order chi connectivity index (χ0) is 8.97. The standard InChI is InChI=1S/C9H11NO2/c1-7-3-2-4-9(10-6-12)8(7)5-11/h2-4,6,11H,5H2,1H3,(H,10,12). The molecule has 12 heavy (non-hydrogen) atoms. The minimum absolute atomic E-state index is 0.0527. The van der Waals surface area contributed by atoms with Crippen LogP contribution in [-0.2, 0) is 11.4 Å². The molecule has 1 aromatic rings. The van der Waals surface area contributed by atoms with Crippen molar-refractivity contribution in [2.45, 2.75) is 13.5 Å². The molecule has 0 bridgehead atoms. The van der Waals surface area contributed by atoms with Crippen LogP contribution in [0.15, 0.2) is 18.2 Å². The number of benzene rings is 1. The molecule has 0 spiro atoms. The Labute approximate surface area is 71.0 Å². The number of aliphatic hydroxyl groups excluding tert-OH is 1. The van der Waals surface area contributed by atoms with E-state index in [9.17, 15) is 4.79 Å². The van der Waals surface area contributed by atoms with Crippen LogP contribution in [0.4, 0.5) is 5.69 Å². The second-order valence-corrected chi connectivity index (χ2v) is 2.52. The van der Waals surface area contributed by atoms with Gasteiger partial charge in [0.2, 0.25) is 6.41 Å². The SMILES string of the molecule is Cc1cccc(NC=O)c1CO. The molecule has 0 radical (unpaired) electrons. The predicted octanol–water partition coefficient (Wildman–Crippen LogP) is 1.06. The molecule has 0 saturated carbocycles. The summed E-state index contributed by atoms with van der Waals surface area (Å²) in [4.78, 5) is 10.2. The van der Waals surface area contributed by atoms with Crippen molar-refractivity contribution in [1.82, 2.24) is 0 Å². The first kappa shape index (κ1) is 8.74. The van der Waals surface area contributed by atoms with Crippen LogP contribution in [-0.4, -0.2) is 11.5 Å². The third-order valence-electron chi connectivity index (χ3n) is 1.78. The fourth-order valence-electron chi connectivity index (χ4n) is 1.11. The summed E-state index contributed by atoms with van der Waals surface area (Å²) in [7, 11) is 0. The quantitative estimate of drug-likeness (QED) is 0.658. The summed E-state index contributed by atoms with van der Waals surface area (Å²) in [6.45, 7) is 1.84. The van der Waals surface area contributed by atoms with Crippen molar-refractivity contribution in [2.75, 3.05) is 5.32 Å². The molecule has 3 heteroatoms. The summed E-state index contributed by atoms with van der Waals surface area (Å²) < 4.78 is 0. The van der Waals surface area contributed by atoms with Crippen LogP contribution < -0.4 is 5.32 Å². The highest BCUT2D eigenvalue weighted by Crippen LogP contribution is 2.18. The van der Waals surface area contributed by atoms with Gasteiger partial charge in [-0.25, -0.2) is 0 Å². The maximum absolute atomic E-state index is 10.2. The lowest BCUT2D eigenvalue weighted by atomic mass is 10.1. The van der Waals surface area contributed by atoms with Crippen molar-refractivity contribution >= 4 is 12.1 Å². The molecule has 0 aliphatic heterocycles. The normalized spacial score (nSPS) is 9.50. The Morgan fingerprint density at radius 3 is 2.92 bits per heavy atom.